The summed E-state index contributed by atoms with van der Waals surface area (Å²) >= 11 is 0. The number of aliphatic hydroxyl groups is 1. The van der Waals surface area contributed by atoms with Crippen molar-refractivity contribution in [1.29, 1.82) is 0 Å². The van der Waals surface area contributed by atoms with E-state index in [1.54, 1.807) is 19.1 Å². The Bertz CT molecular complexity index is 450. The van der Waals surface area contributed by atoms with E-state index in [-0.39, 0.29) is 18.3 Å². The van der Waals surface area contributed by atoms with Crippen molar-refractivity contribution in [3.8, 4) is 0 Å². The van der Waals surface area contributed by atoms with Crippen molar-refractivity contribution in [3.05, 3.63) is 39.9 Å². The Balaban J connectivity index is 2.66. The summed E-state index contributed by atoms with van der Waals surface area (Å²) < 4.78 is 0. The Morgan fingerprint density at radius 2 is 2.28 bits per heavy atom. The summed E-state index contributed by atoms with van der Waals surface area (Å²) in [7, 11) is 0. The van der Waals surface area contributed by atoms with Gasteiger partial charge in [0.1, 0.15) is 6.10 Å². The van der Waals surface area contributed by atoms with E-state index in [2.05, 4.69) is 5.32 Å². The number of nitro groups is 1. The zero-order valence-corrected chi connectivity index (χ0v) is 9.87. The van der Waals surface area contributed by atoms with Crippen molar-refractivity contribution in [1.82, 2.24) is 5.32 Å². The van der Waals surface area contributed by atoms with E-state index in [1.165, 1.54) is 12.1 Å². The lowest BCUT2D eigenvalue weighted by Gasteiger charge is -2.15. The Morgan fingerprint density at radius 3 is 2.83 bits per heavy atom. The topological polar surface area (TPSA) is 118 Å². The normalized spacial score (nSPS) is 13.9. The molecule has 1 amide bonds. The SMILES string of the molecule is CC(NCC(O)C(N)=O)c1cccc([N+](=O)[O-])c1. The minimum absolute atomic E-state index is 0.000802. The smallest absolute Gasteiger partial charge is 0.269 e. The molecule has 0 aromatic heterocycles. The number of primary amides is 1. The molecule has 18 heavy (non-hydrogen) atoms. The molecular weight excluding hydrogens is 238 g/mol. The van der Waals surface area contributed by atoms with Crippen LogP contribution in [0.2, 0.25) is 0 Å². The van der Waals surface area contributed by atoms with Gasteiger partial charge in [-0.1, -0.05) is 12.1 Å². The van der Waals surface area contributed by atoms with E-state index in [0.29, 0.717) is 5.56 Å². The molecule has 1 aromatic carbocycles. The van der Waals surface area contributed by atoms with Gasteiger partial charge >= 0.3 is 0 Å². The predicted octanol–water partition coefficient (Wildman–Crippen LogP) is 0.0916. The van der Waals surface area contributed by atoms with E-state index in [4.69, 9.17) is 5.73 Å². The summed E-state index contributed by atoms with van der Waals surface area (Å²) in [5, 5.41) is 22.7. The average molecular weight is 253 g/mol. The van der Waals surface area contributed by atoms with E-state index in [0.717, 1.165) is 0 Å². The zero-order valence-electron chi connectivity index (χ0n) is 9.87. The van der Waals surface area contributed by atoms with Gasteiger partial charge in [-0.25, -0.2) is 0 Å². The van der Waals surface area contributed by atoms with E-state index < -0.39 is 16.9 Å². The average Bonchev–Trinajstić information content (AvgIpc) is 2.35. The third kappa shape index (κ3) is 3.79. The van der Waals surface area contributed by atoms with Crippen molar-refractivity contribution in [2.24, 2.45) is 5.73 Å². The Hall–Kier alpha value is -1.99. The molecule has 2 unspecified atom stereocenters. The number of amides is 1. The fourth-order valence-electron chi connectivity index (χ4n) is 1.41. The second-order valence-corrected chi connectivity index (χ2v) is 3.90. The van der Waals surface area contributed by atoms with Crippen LogP contribution < -0.4 is 11.1 Å². The van der Waals surface area contributed by atoms with Gasteiger partial charge in [0.05, 0.1) is 4.92 Å². The number of nitrogens with two attached hydrogens (primary N) is 1. The van der Waals surface area contributed by atoms with Crippen LogP contribution in [-0.2, 0) is 4.79 Å². The number of nitro benzene ring substituents is 1. The monoisotopic (exact) mass is 253 g/mol. The van der Waals surface area contributed by atoms with Gasteiger partial charge in [-0.15, -0.1) is 0 Å². The molecule has 2 atom stereocenters. The van der Waals surface area contributed by atoms with Crippen LogP contribution in [0.1, 0.15) is 18.5 Å². The first-order valence-corrected chi connectivity index (χ1v) is 5.37. The van der Waals surface area contributed by atoms with Crippen molar-refractivity contribution in [3.63, 3.8) is 0 Å². The molecule has 0 aliphatic carbocycles. The summed E-state index contributed by atoms with van der Waals surface area (Å²) in [6.07, 6.45) is -1.27. The molecule has 0 aliphatic heterocycles. The van der Waals surface area contributed by atoms with Gasteiger partial charge < -0.3 is 16.2 Å². The van der Waals surface area contributed by atoms with Crippen LogP contribution >= 0.6 is 0 Å². The fraction of sp³-hybridized carbons (Fsp3) is 0.364. The lowest BCUT2D eigenvalue weighted by Crippen LogP contribution is -2.38. The first-order chi connectivity index (χ1) is 8.41. The summed E-state index contributed by atoms with van der Waals surface area (Å²) in [5.74, 6) is -0.811. The predicted molar refractivity (Wildman–Crippen MR) is 64.7 cm³/mol. The molecule has 0 spiro atoms. The number of hydrogen-bond donors (Lipinski definition) is 3. The quantitative estimate of drug-likeness (QED) is 0.490. The van der Waals surface area contributed by atoms with Crippen LogP contribution in [0, 0.1) is 10.1 Å². The van der Waals surface area contributed by atoms with Crippen LogP contribution in [0.4, 0.5) is 5.69 Å². The molecule has 0 bridgehead atoms. The number of carbonyl (C=O) groups is 1. The first-order valence-electron chi connectivity index (χ1n) is 5.37. The van der Waals surface area contributed by atoms with Gasteiger partial charge in [0.2, 0.25) is 5.91 Å². The third-order valence-electron chi connectivity index (χ3n) is 2.53. The molecule has 1 rings (SSSR count). The lowest BCUT2D eigenvalue weighted by molar-refractivity contribution is -0.384. The highest BCUT2D eigenvalue weighted by Crippen LogP contribution is 2.18. The third-order valence-corrected chi connectivity index (χ3v) is 2.53. The zero-order chi connectivity index (χ0) is 13.7. The molecule has 0 saturated carbocycles. The van der Waals surface area contributed by atoms with Crippen molar-refractivity contribution >= 4 is 11.6 Å². The molecule has 1 aromatic rings. The minimum atomic E-state index is -1.27. The number of nitrogens with zero attached hydrogens (tertiary/aromatic N) is 1. The Labute approximate surface area is 104 Å². The van der Waals surface area contributed by atoms with Crippen LogP contribution in [0.25, 0.3) is 0 Å². The number of rotatable bonds is 6. The summed E-state index contributed by atoms with van der Waals surface area (Å²) in [6.45, 7) is 1.77. The highest BCUT2D eigenvalue weighted by molar-refractivity contribution is 5.78. The largest absolute Gasteiger partial charge is 0.382 e. The van der Waals surface area contributed by atoms with Crippen LogP contribution in [0.15, 0.2) is 24.3 Å². The molecular formula is C11H15N3O4. The van der Waals surface area contributed by atoms with Gasteiger partial charge in [0, 0.05) is 24.7 Å². The maximum absolute atomic E-state index is 10.6. The van der Waals surface area contributed by atoms with Gasteiger partial charge in [-0.2, -0.15) is 0 Å². The van der Waals surface area contributed by atoms with Gasteiger partial charge in [-0.05, 0) is 12.5 Å². The Kier molecular flexibility index (Phi) is 4.75. The van der Waals surface area contributed by atoms with Crippen molar-refractivity contribution in [2.45, 2.75) is 19.1 Å². The number of aliphatic hydroxyl groups excluding tert-OH is 1. The molecule has 0 fully saturated rings. The second kappa shape index (κ2) is 6.08. The molecule has 0 heterocycles. The maximum atomic E-state index is 10.6. The van der Waals surface area contributed by atoms with Crippen LogP contribution in [0.3, 0.4) is 0 Å². The molecule has 7 heteroatoms. The standard InChI is InChI=1S/C11H15N3O4/c1-7(13-6-10(15)11(12)16)8-3-2-4-9(5-8)14(17)18/h2-5,7,10,13,15H,6H2,1H3,(H2,12,16). The highest BCUT2D eigenvalue weighted by atomic mass is 16.6. The number of carbonyl (C=O) groups excluding carboxylic acids is 1. The molecule has 98 valence electrons. The summed E-state index contributed by atoms with van der Waals surface area (Å²) in [4.78, 5) is 20.8. The fourth-order valence-corrected chi connectivity index (χ4v) is 1.41. The van der Waals surface area contributed by atoms with E-state index in [1.807, 2.05) is 0 Å². The highest BCUT2D eigenvalue weighted by Gasteiger charge is 2.14. The summed E-state index contributed by atoms with van der Waals surface area (Å²) in [5.41, 5.74) is 5.60. The molecule has 0 aliphatic rings. The van der Waals surface area contributed by atoms with Crippen molar-refractivity contribution in [2.75, 3.05) is 6.54 Å². The summed E-state index contributed by atoms with van der Waals surface area (Å²) in [6, 6.07) is 5.90. The molecule has 4 N–H and O–H groups in total. The van der Waals surface area contributed by atoms with Gasteiger partial charge in [0.25, 0.3) is 5.69 Å². The second-order valence-electron chi connectivity index (χ2n) is 3.90. The van der Waals surface area contributed by atoms with E-state index in [9.17, 15) is 20.0 Å². The van der Waals surface area contributed by atoms with Gasteiger partial charge in [-0.3, -0.25) is 14.9 Å². The molecule has 0 radical (unpaired) electrons. The van der Waals surface area contributed by atoms with Crippen LogP contribution in [-0.4, -0.2) is 28.6 Å². The van der Waals surface area contributed by atoms with Crippen LogP contribution in [0.5, 0.6) is 0 Å². The molecule has 7 nitrogen and oxygen atoms in total. The maximum Gasteiger partial charge on any atom is 0.269 e. The number of hydrogen-bond acceptors (Lipinski definition) is 5. The Morgan fingerprint density at radius 1 is 1.61 bits per heavy atom. The first kappa shape index (κ1) is 14.1. The lowest BCUT2D eigenvalue weighted by atomic mass is 10.1. The van der Waals surface area contributed by atoms with Crippen molar-refractivity contribution < 1.29 is 14.8 Å². The number of non-ortho nitro benzene ring substituents is 1. The number of benzene rings is 1. The number of nitrogens with one attached hydrogen (secondary N) is 1. The van der Waals surface area contributed by atoms with E-state index >= 15 is 0 Å². The minimum Gasteiger partial charge on any atom is -0.382 e. The van der Waals surface area contributed by atoms with Gasteiger partial charge in [0.15, 0.2) is 0 Å². The molecule has 0 saturated heterocycles.